The number of oxime groups is 1. The topological polar surface area (TPSA) is 161 Å². The van der Waals surface area contributed by atoms with Gasteiger partial charge in [-0.05, 0) is 0 Å². The van der Waals surface area contributed by atoms with E-state index in [1.807, 2.05) is 0 Å². The van der Waals surface area contributed by atoms with Crippen LogP contribution in [-0.4, -0.2) is 49.6 Å². The molecule has 2 unspecified atom stereocenters. The highest BCUT2D eigenvalue weighted by atomic mass is 32.2. The van der Waals surface area contributed by atoms with Crippen LogP contribution in [0, 0.1) is 5.92 Å². The van der Waals surface area contributed by atoms with Crippen molar-refractivity contribution in [1.29, 1.82) is 0 Å². The number of thiazole rings is 1. The van der Waals surface area contributed by atoms with E-state index in [9.17, 15) is 19.5 Å². The Labute approximate surface area is 155 Å². The maximum atomic E-state index is 12.3. The van der Waals surface area contributed by atoms with Gasteiger partial charge in [-0.1, -0.05) is 17.8 Å². The average Bonchev–Trinajstić information content (AvgIpc) is 2.99. The first-order valence-corrected chi connectivity index (χ1v) is 8.96. The molecule has 1 fully saturated rings. The molecule has 26 heavy (non-hydrogen) atoms. The molecule has 136 valence electrons. The van der Waals surface area contributed by atoms with Crippen molar-refractivity contribution in [3.05, 3.63) is 29.3 Å². The van der Waals surface area contributed by atoms with Crippen LogP contribution in [0.5, 0.6) is 5.88 Å². The SMILES string of the molecule is C=CC1=C(C(=O)O)N2C(=O)C(C(=O)/C=N\Oc3csc(N)n3)[C@H]2SC1N. The van der Waals surface area contributed by atoms with Crippen molar-refractivity contribution in [1.82, 2.24) is 9.88 Å². The van der Waals surface area contributed by atoms with E-state index in [2.05, 4.69) is 16.7 Å². The lowest BCUT2D eigenvalue weighted by molar-refractivity contribution is -0.155. The predicted molar refractivity (Wildman–Crippen MR) is 95.2 cm³/mol. The summed E-state index contributed by atoms with van der Waals surface area (Å²) in [6, 6.07) is 0. The molecule has 3 rings (SSSR count). The Morgan fingerprint density at radius 3 is 2.81 bits per heavy atom. The van der Waals surface area contributed by atoms with Gasteiger partial charge < -0.3 is 21.4 Å². The van der Waals surface area contributed by atoms with E-state index in [0.29, 0.717) is 0 Å². The lowest BCUT2D eigenvalue weighted by Gasteiger charge is -2.49. The van der Waals surface area contributed by atoms with E-state index in [-0.39, 0.29) is 22.3 Å². The number of aliphatic carboxylic acids is 1. The van der Waals surface area contributed by atoms with Crippen LogP contribution < -0.4 is 16.3 Å². The van der Waals surface area contributed by atoms with Crippen LogP contribution in [0.1, 0.15) is 0 Å². The van der Waals surface area contributed by atoms with Gasteiger partial charge in [-0.25, -0.2) is 4.79 Å². The Bertz CT molecular complexity index is 864. The van der Waals surface area contributed by atoms with E-state index in [4.69, 9.17) is 16.3 Å². The van der Waals surface area contributed by atoms with Gasteiger partial charge in [0.25, 0.3) is 5.88 Å². The number of anilines is 1. The molecular formula is C14H13N5O5S2. The lowest BCUT2D eigenvalue weighted by atomic mass is 9.91. The highest BCUT2D eigenvalue weighted by Gasteiger charge is 2.57. The Balaban J connectivity index is 1.75. The minimum atomic E-state index is -1.31. The average molecular weight is 395 g/mol. The quantitative estimate of drug-likeness (QED) is 0.260. The summed E-state index contributed by atoms with van der Waals surface area (Å²) in [7, 11) is 0. The summed E-state index contributed by atoms with van der Waals surface area (Å²) < 4.78 is 0. The molecule has 0 aromatic carbocycles. The largest absolute Gasteiger partial charge is 0.477 e. The molecule has 12 heteroatoms. The fourth-order valence-electron chi connectivity index (χ4n) is 2.57. The number of carbonyl (C=O) groups excluding carboxylic acids is 2. The van der Waals surface area contributed by atoms with E-state index in [0.717, 1.165) is 34.2 Å². The van der Waals surface area contributed by atoms with Crippen molar-refractivity contribution < 1.29 is 24.3 Å². The summed E-state index contributed by atoms with van der Waals surface area (Å²) in [6.45, 7) is 3.53. The molecule has 1 amide bonds. The van der Waals surface area contributed by atoms with Gasteiger partial charge in [0.15, 0.2) is 10.9 Å². The number of hydrogen-bond acceptors (Lipinski definition) is 10. The zero-order valence-electron chi connectivity index (χ0n) is 13.1. The molecule has 5 N–H and O–H groups in total. The van der Waals surface area contributed by atoms with Gasteiger partial charge in [0.05, 0.1) is 10.8 Å². The third-order valence-electron chi connectivity index (χ3n) is 3.71. The van der Waals surface area contributed by atoms with Crippen molar-refractivity contribution in [3.63, 3.8) is 0 Å². The maximum absolute atomic E-state index is 12.3. The number of nitrogens with two attached hydrogens (primary N) is 2. The first-order chi connectivity index (χ1) is 12.3. The number of carbonyl (C=O) groups is 3. The van der Waals surface area contributed by atoms with E-state index in [1.165, 1.54) is 11.5 Å². The minimum absolute atomic E-state index is 0.124. The summed E-state index contributed by atoms with van der Waals surface area (Å²) >= 11 is 2.25. The van der Waals surface area contributed by atoms with Crippen molar-refractivity contribution in [2.24, 2.45) is 16.8 Å². The van der Waals surface area contributed by atoms with Crippen LogP contribution in [0.25, 0.3) is 0 Å². The number of nitrogens with zero attached hydrogens (tertiary/aromatic N) is 3. The first kappa shape index (κ1) is 18.1. The van der Waals surface area contributed by atoms with Crippen LogP contribution in [0.3, 0.4) is 0 Å². The van der Waals surface area contributed by atoms with Gasteiger partial charge in [0.2, 0.25) is 5.91 Å². The molecule has 0 aliphatic carbocycles. The normalized spacial score (nSPS) is 25.0. The van der Waals surface area contributed by atoms with Crippen LogP contribution >= 0.6 is 23.1 Å². The highest BCUT2D eigenvalue weighted by Crippen LogP contribution is 2.46. The first-order valence-electron chi connectivity index (χ1n) is 7.14. The number of hydrogen-bond donors (Lipinski definition) is 3. The smallest absolute Gasteiger partial charge is 0.353 e. The molecule has 0 spiro atoms. The van der Waals surface area contributed by atoms with E-state index < -0.39 is 34.3 Å². The third-order valence-corrected chi connectivity index (χ3v) is 5.67. The number of carboxylic acid groups (broad SMARTS) is 1. The molecule has 3 heterocycles. The molecular weight excluding hydrogens is 382 g/mol. The van der Waals surface area contributed by atoms with Gasteiger partial charge >= 0.3 is 5.97 Å². The summed E-state index contributed by atoms with van der Waals surface area (Å²) in [4.78, 5) is 45.9. The summed E-state index contributed by atoms with van der Waals surface area (Å²) in [5, 5.41) is 13.2. The Hall–Kier alpha value is -2.70. The number of ketones is 1. The minimum Gasteiger partial charge on any atom is -0.477 e. The second kappa shape index (κ2) is 6.90. The molecule has 1 saturated heterocycles. The predicted octanol–water partition coefficient (Wildman–Crippen LogP) is -0.000200. The van der Waals surface area contributed by atoms with Gasteiger partial charge in [-0.15, -0.1) is 23.1 Å². The monoisotopic (exact) mass is 395 g/mol. The molecule has 1 aromatic rings. The summed E-state index contributed by atoms with van der Waals surface area (Å²) in [5.41, 5.74) is 11.4. The number of carboxylic acids is 1. The fraction of sp³-hybridized carbons (Fsp3) is 0.214. The molecule has 1 aromatic heterocycles. The van der Waals surface area contributed by atoms with Gasteiger partial charge in [0.1, 0.15) is 23.2 Å². The molecule has 3 atom stereocenters. The molecule has 0 radical (unpaired) electrons. The Morgan fingerprint density at radius 2 is 2.23 bits per heavy atom. The van der Waals surface area contributed by atoms with Gasteiger partial charge in [-0.2, -0.15) is 4.98 Å². The van der Waals surface area contributed by atoms with Crippen molar-refractivity contribution in [2.75, 3.05) is 5.73 Å². The zero-order chi connectivity index (χ0) is 19.0. The fourth-order valence-corrected chi connectivity index (χ4v) is 4.42. The number of β-lactam (4-membered cyclic amide) rings is 1. The lowest BCUT2D eigenvalue weighted by Crippen LogP contribution is -2.65. The molecule has 0 saturated carbocycles. The number of thioether (sulfide) groups is 1. The van der Waals surface area contributed by atoms with Crippen LogP contribution in [-0.2, 0) is 14.4 Å². The van der Waals surface area contributed by atoms with E-state index in [1.54, 1.807) is 0 Å². The molecule has 2 aliphatic heterocycles. The van der Waals surface area contributed by atoms with Gasteiger partial charge in [0, 0.05) is 5.57 Å². The highest BCUT2D eigenvalue weighted by molar-refractivity contribution is 8.00. The number of amides is 1. The van der Waals surface area contributed by atoms with E-state index >= 15 is 0 Å². The van der Waals surface area contributed by atoms with Crippen LogP contribution in [0.4, 0.5) is 5.13 Å². The van der Waals surface area contributed by atoms with Crippen LogP contribution in [0.2, 0.25) is 0 Å². The molecule has 0 bridgehead atoms. The van der Waals surface area contributed by atoms with Crippen molar-refractivity contribution in [3.8, 4) is 5.88 Å². The standard InChI is InChI=1S/C14H13N5O5S2/c1-2-5-9(13(22)23)19-11(21)8(12(19)26-10(5)15)6(20)3-17-24-7-4-25-14(16)18-7/h2-4,8,10,12H,1,15H2,(H2,16,18)(H,22,23)/b17-3-/t8?,10?,12-/m1/s1. The second-order valence-corrected chi connectivity index (χ2v) is 7.35. The Kier molecular flexibility index (Phi) is 4.80. The number of Topliss-reactive ketones (excluding diaryl/α,β-unsaturated/α-hetero) is 1. The number of nitrogen functional groups attached to an aromatic ring is 1. The molecule has 2 aliphatic rings. The number of fused-ring (bicyclic) bond motifs is 1. The third kappa shape index (κ3) is 2.98. The maximum Gasteiger partial charge on any atom is 0.353 e. The Morgan fingerprint density at radius 1 is 1.50 bits per heavy atom. The zero-order valence-corrected chi connectivity index (χ0v) is 14.7. The number of aromatic nitrogens is 1. The summed E-state index contributed by atoms with van der Waals surface area (Å²) in [5.74, 6) is -3.53. The summed E-state index contributed by atoms with van der Waals surface area (Å²) in [6.07, 6.45) is 2.16. The van der Waals surface area contributed by atoms with Crippen molar-refractivity contribution in [2.45, 2.75) is 10.7 Å². The van der Waals surface area contributed by atoms with Crippen molar-refractivity contribution >= 4 is 52.1 Å². The second-order valence-electron chi connectivity index (χ2n) is 5.20. The molecule has 10 nitrogen and oxygen atoms in total. The van der Waals surface area contributed by atoms with Gasteiger partial charge in [-0.3, -0.25) is 14.5 Å². The van der Waals surface area contributed by atoms with Crippen LogP contribution in [0.15, 0.2) is 34.5 Å². The number of rotatable bonds is 6.